The quantitative estimate of drug-likeness (QED) is 0.164. The molecular weight excluding hydrogens is 727 g/mol. The summed E-state index contributed by atoms with van der Waals surface area (Å²) in [6.07, 6.45) is 0. The number of para-hydroxylation sites is 3. The highest BCUT2D eigenvalue weighted by Crippen LogP contribution is 2.44. The second-order valence-electron chi connectivity index (χ2n) is 15.9. The molecule has 0 unspecified atom stereocenters. The van der Waals surface area contributed by atoms with Crippen molar-refractivity contribution in [2.24, 2.45) is 0 Å². The molecule has 13 rings (SSSR count). The number of benzene rings is 10. The fourth-order valence-corrected chi connectivity index (χ4v) is 10.1. The van der Waals surface area contributed by atoms with E-state index in [0.29, 0.717) is 0 Å². The van der Waals surface area contributed by atoms with Gasteiger partial charge in [0.25, 0.3) is 0 Å². The molecule has 0 saturated heterocycles. The molecule has 3 heterocycles. The van der Waals surface area contributed by atoms with Crippen LogP contribution in [0.1, 0.15) is 0 Å². The van der Waals surface area contributed by atoms with E-state index in [2.05, 4.69) is 221 Å². The van der Waals surface area contributed by atoms with E-state index in [4.69, 9.17) is 4.98 Å². The van der Waals surface area contributed by atoms with Crippen LogP contribution >= 0.6 is 0 Å². The Morgan fingerprint density at radius 3 is 1.15 bits per heavy atom. The molecule has 0 fully saturated rings. The first-order valence-electron chi connectivity index (χ1n) is 20.6. The van der Waals surface area contributed by atoms with Gasteiger partial charge in [-0.25, -0.2) is 4.98 Å². The lowest BCUT2D eigenvalue weighted by Gasteiger charge is -2.17. The first kappa shape index (κ1) is 33.0. The molecule has 3 aromatic heterocycles. The fraction of sp³-hybridized carbons (Fsp3) is 0. The fourth-order valence-electron chi connectivity index (χ4n) is 10.1. The third-order valence-electron chi connectivity index (χ3n) is 12.6. The molecule has 0 aliphatic heterocycles. The average molecular weight is 762 g/mol. The molecule has 278 valence electrons. The molecule has 0 atom stereocenters. The lowest BCUT2D eigenvalue weighted by atomic mass is 9.93. The van der Waals surface area contributed by atoms with Gasteiger partial charge in [-0.05, 0) is 91.6 Å². The normalized spacial score (nSPS) is 12.0. The van der Waals surface area contributed by atoms with Crippen molar-refractivity contribution in [1.82, 2.24) is 14.1 Å². The van der Waals surface area contributed by atoms with Crippen LogP contribution in [-0.4, -0.2) is 14.1 Å². The van der Waals surface area contributed by atoms with Crippen LogP contribution in [0.15, 0.2) is 212 Å². The van der Waals surface area contributed by atoms with Crippen LogP contribution in [0.5, 0.6) is 0 Å². The van der Waals surface area contributed by atoms with E-state index >= 15 is 0 Å². The smallest absolute Gasteiger partial charge is 0.0788 e. The predicted molar refractivity (Wildman–Crippen MR) is 254 cm³/mol. The summed E-state index contributed by atoms with van der Waals surface area (Å²) in [5.74, 6) is 0. The maximum Gasteiger partial charge on any atom is 0.0788 e. The van der Waals surface area contributed by atoms with Gasteiger partial charge >= 0.3 is 0 Å². The largest absolute Gasteiger partial charge is 0.307 e. The highest BCUT2D eigenvalue weighted by molar-refractivity contribution is 6.24. The highest BCUT2D eigenvalue weighted by atomic mass is 15.0. The van der Waals surface area contributed by atoms with Gasteiger partial charge < -0.3 is 9.13 Å². The molecule has 3 heteroatoms. The summed E-state index contributed by atoms with van der Waals surface area (Å²) in [6.45, 7) is 0. The van der Waals surface area contributed by atoms with Crippen LogP contribution in [0.2, 0.25) is 0 Å². The Balaban J connectivity index is 1.22. The van der Waals surface area contributed by atoms with Crippen molar-refractivity contribution in [2.45, 2.75) is 0 Å². The van der Waals surface area contributed by atoms with E-state index < -0.39 is 0 Å². The zero-order valence-corrected chi connectivity index (χ0v) is 32.5. The highest BCUT2D eigenvalue weighted by Gasteiger charge is 2.23. The molecule has 60 heavy (non-hydrogen) atoms. The zero-order chi connectivity index (χ0) is 39.3. The predicted octanol–water partition coefficient (Wildman–Crippen LogP) is 15.2. The average Bonchev–Trinajstić information content (AvgIpc) is 3.84. The van der Waals surface area contributed by atoms with Crippen LogP contribution in [0, 0.1) is 0 Å². The maximum atomic E-state index is 5.70. The van der Waals surface area contributed by atoms with Crippen LogP contribution in [0.3, 0.4) is 0 Å². The minimum absolute atomic E-state index is 0.934. The number of nitrogens with zero attached hydrogens (tertiary/aromatic N) is 3. The van der Waals surface area contributed by atoms with Crippen LogP contribution < -0.4 is 0 Å². The second-order valence-corrected chi connectivity index (χ2v) is 15.9. The Morgan fingerprint density at radius 2 is 0.650 bits per heavy atom. The van der Waals surface area contributed by atoms with Crippen LogP contribution in [0.4, 0.5) is 0 Å². The van der Waals surface area contributed by atoms with E-state index in [0.717, 1.165) is 39.4 Å². The number of hydrogen-bond acceptors (Lipinski definition) is 1. The van der Waals surface area contributed by atoms with E-state index in [-0.39, 0.29) is 0 Å². The molecule has 13 aromatic rings. The summed E-state index contributed by atoms with van der Waals surface area (Å²) in [6, 6.07) is 77.4. The zero-order valence-electron chi connectivity index (χ0n) is 32.5. The van der Waals surface area contributed by atoms with Gasteiger partial charge in [-0.2, -0.15) is 0 Å². The van der Waals surface area contributed by atoms with Crippen molar-refractivity contribution in [1.29, 1.82) is 0 Å². The Morgan fingerprint density at radius 1 is 0.267 bits per heavy atom. The van der Waals surface area contributed by atoms with Crippen molar-refractivity contribution in [3.63, 3.8) is 0 Å². The van der Waals surface area contributed by atoms with Crippen molar-refractivity contribution in [3.8, 4) is 33.9 Å². The van der Waals surface area contributed by atoms with Crippen molar-refractivity contribution in [3.05, 3.63) is 212 Å². The lowest BCUT2D eigenvalue weighted by molar-refractivity contribution is 1.14. The molecule has 3 nitrogen and oxygen atoms in total. The molecule has 0 bridgehead atoms. The number of fused-ring (bicyclic) bond motifs is 13. The third-order valence-corrected chi connectivity index (χ3v) is 12.6. The van der Waals surface area contributed by atoms with Gasteiger partial charge in [-0.3, -0.25) is 0 Å². The topological polar surface area (TPSA) is 22.8 Å². The van der Waals surface area contributed by atoms with Gasteiger partial charge in [0, 0.05) is 38.4 Å². The summed E-state index contributed by atoms with van der Waals surface area (Å²) in [7, 11) is 0. The standard InChI is InChI=1S/C57H35N3/c1-2-18-38(19-3-1)59-54-28-14-12-26-46(54)48-30-31-49-47-27-13-15-29-55(47)60(57(49)56(48)59)39-34-52(50-32-36-16-4-6-20-40(36)42-22-8-10-24-44(42)50)58-53(35-39)51-33-37-17-5-7-21-41(37)43-23-9-11-25-45(43)51/h1-35H. The first-order chi connectivity index (χ1) is 29.8. The SMILES string of the molecule is c1ccc(-n2c3ccccc3c3ccc4c5ccccc5n(-c5cc(-c6cc7ccccc7c7ccccc67)nc(-c6cc7ccccc7c7ccccc67)c5)c4c32)cc1. The Labute approximate surface area is 345 Å². The summed E-state index contributed by atoms with van der Waals surface area (Å²) >= 11 is 0. The molecule has 0 radical (unpaired) electrons. The van der Waals surface area contributed by atoms with E-state index in [9.17, 15) is 0 Å². The van der Waals surface area contributed by atoms with Gasteiger partial charge in [0.2, 0.25) is 0 Å². The van der Waals surface area contributed by atoms with Crippen LogP contribution in [0.25, 0.3) is 121 Å². The monoisotopic (exact) mass is 761 g/mol. The van der Waals surface area contributed by atoms with Gasteiger partial charge in [0.05, 0.1) is 39.1 Å². The van der Waals surface area contributed by atoms with Gasteiger partial charge in [-0.15, -0.1) is 0 Å². The molecule has 0 aliphatic rings. The first-order valence-corrected chi connectivity index (χ1v) is 20.6. The Kier molecular flexibility index (Phi) is 7.01. The molecule has 0 saturated carbocycles. The summed E-state index contributed by atoms with van der Waals surface area (Å²) in [5, 5.41) is 14.6. The molecule has 0 aliphatic carbocycles. The molecule has 0 spiro atoms. The van der Waals surface area contributed by atoms with Gasteiger partial charge in [0.15, 0.2) is 0 Å². The molecule has 0 amide bonds. The van der Waals surface area contributed by atoms with Gasteiger partial charge in [0.1, 0.15) is 0 Å². The number of pyridine rings is 1. The summed E-state index contributed by atoms with van der Waals surface area (Å²) in [5.41, 5.74) is 11.0. The van der Waals surface area contributed by atoms with Crippen molar-refractivity contribution >= 4 is 86.7 Å². The van der Waals surface area contributed by atoms with Crippen LogP contribution in [-0.2, 0) is 0 Å². The lowest BCUT2D eigenvalue weighted by Crippen LogP contribution is -2.01. The maximum absolute atomic E-state index is 5.70. The minimum atomic E-state index is 0.934. The summed E-state index contributed by atoms with van der Waals surface area (Å²) in [4.78, 5) is 5.70. The molecule has 10 aromatic carbocycles. The second kappa shape index (κ2) is 12.7. The van der Waals surface area contributed by atoms with Crippen molar-refractivity contribution in [2.75, 3.05) is 0 Å². The van der Waals surface area contributed by atoms with E-state index in [1.165, 1.54) is 81.2 Å². The number of aromatic nitrogens is 3. The number of rotatable bonds is 4. The van der Waals surface area contributed by atoms with Crippen molar-refractivity contribution < 1.29 is 0 Å². The Hall–Kier alpha value is -8.01. The van der Waals surface area contributed by atoms with E-state index in [1.54, 1.807) is 0 Å². The Bertz CT molecular complexity index is 3750. The molecule has 0 N–H and O–H groups in total. The summed E-state index contributed by atoms with van der Waals surface area (Å²) < 4.78 is 4.96. The third kappa shape index (κ3) is 4.75. The van der Waals surface area contributed by atoms with E-state index in [1.807, 2.05) is 0 Å². The molecular formula is C57H35N3. The number of hydrogen-bond donors (Lipinski definition) is 0. The minimum Gasteiger partial charge on any atom is -0.307 e. The van der Waals surface area contributed by atoms with Gasteiger partial charge in [-0.1, -0.05) is 164 Å².